The first-order chi connectivity index (χ1) is 9.22. The van der Waals surface area contributed by atoms with Crippen molar-refractivity contribution in [3.8, 4) is 0 Å². The molecule has 1 aromatic carbocycles. The molecule has 1 saturated heterocycles. The lowest BCUT2D eigenvalue weighted by atomic mass is 9.92. The fraction of sp³-hybridized carbons (Fsp3) is 0.400. The predicted octanol–water partition coefficient (Wildman–Crippen LogP) is 2.35. The smallest absolute Gasteiger partial charge is 0.189 e. The number of halogens is 1. The molecule has 2 fully saturated rings. The van der Waals surface area contributed by atoms with E-state index < -0.39 is 0 Å². The van der Waals surface area contributed by atoms with Crippen LogP contribution in [0.3, 0.4) is 0 Å². The third-order valence-electron chi connectivity index (χ3n) is 3.85. The van der Waals surface area contributed by atoms with E-state index in [0.29, 0.717) is 17.6 Å². The molecular weight excluding hydrogens is 243 g/mol. The maximum Gasteiger partial charge on any atom is 0.189 e. The molecular formula is C15H17FN2O. The molecule has 1 aromatic rings. The second-order valence-electron chi connectivity index (χ2n) is 5.22. The number of nitrogens with one attached hydrogen (secondary N) is 2. The fourth-order valence-electron chi connectivity index (χ4n) is 2.83. The summed E-state index contributed by atoms with van der Waals surface area (Å²) in [4.78, 5) is 12.0. The highest BCUT2D eigenvalue weighted by molar-refractivity contribution is 6.04. The Labute approximate surface area is 111 Å². The van der Waals surface area contributed by atoms with Gasteiger partial charge in [0.05, 0.1) is 0 Å². The first kappa shape index (κ1) is 12.2. The van der Waals surface area contributed by atoms with Crippen molar-refractivity contribution < 1.29 is 9.18 Å². The highest BCUT2D eigenvalue weighted by Gasteiger charge is 2.31. The summed E-state index contributed by atoms with van der Waals surface area (Å²) in [7, 11) is 0. The summed E-state index contributed by atoms with van der Waals surface area (Å²) in [5, 5.41) is 6.72. The van der Waals surface area contributed by atoms with Crippen LogP contribution in [0.1, 0.15) is 36.0 Å². The number of carbonyl (C=O) groups excluding carboxylic acids is 1. The summed E-state index contributed by atoms with van der Waals surface area (Å²) in [6.07, 6.45) is 6.37. The normalized spacial score (nSPS) is 27.5. The van der Waals surface area contributed by atoms with Gasteiger partial charge in [-0.3, -0.25) is 4.79 Å². The number of fused-ring (bicyclic) bond motifs is 1. The van der Waals surface area contributed by atoms with E-state index in [1.807, 2.05) is 0 Å². The maximum atomic E-state index is 12.8. The largest absolute Gasteiger partial charge is 0.367 e. The molecule has 19 heavy (non-hydrogen) atoms. The summed E-state index contributed by atoms with van der Waals surface area (Å²) in [5.74, 6) is 0.368. The van der Waals surface area contributed by atoms with Crippen LogP contribution in [0.15, 0.2) is 36.2 Å². The van der Waals surface area contributed by atoms with E-state index >= 15 is 0 Å². The van der Waals surface area contributed by atoms with Gasteiger partial charge in [-0.1, -0.05) is 12.8 Å². The van der Waals surface area contributed by atoms with Gasteiger partial charge in [0.15, 0.2) is 5.78 Å². The van der Waals surface area contributed by atoms with Crippen molar-refractivity contribution in [2.24, 2.45) is 0 Å². The predicted molar refractivity (Wildman–Crippen MR) is 71.1 cm³/mol. The third kappa shape index (κ3) is 2.62. The van der Waals surface area contributed by atoms with Crippen LogP contribution in [0.2, 0.25) is 0 Å². The molecule has 1 saturated carbocycles. The molecule has 0 radical (unpaired) electrons. The maximum absolute atomic E-state index is 12.8. The van der Waals surface area contributed by atoms with Crippen LogP contribution in [-0.4, -0.2) is 17.9 Å². The molecule has 2 N–H and O–H groups in total. The van der Waals surface area contributed by atoms with Crippen molar-refractivity contribution in [3.05, 3.63) is 47.5 Å². The Morgan fingerprint density at radius 2 is 1.68 bits per heavy atom. The van der Waals surface area contributed by atoms with E-state index in [2.05, 4.69) is 10.6 Å². The van der Waals surface area contributed by atoms with Crippen LogP contribution < -0.4 is 10.6 Å². The Balaban J connectivity index is 1.72. The van der Waals surface area contributed by atoms with E-state index in [9.17, 15) is 9.18 Å². The van der Waals surface area contributed by atoms with Crippen molar-refractivity contribution in [1.29, 1.82) is 0 Å². The molecule has 0 unspecified atom stereocenters. The van der Waals surface area contributed by atoms with Crippen molar-refractivity contribution in [3.63, 3.8) is 0 Å². The minimum absolute atomic E-state index is 0.103. The summed E-state index contributed by atoms with van der Waals surface area (Å²) in [6, 6.07) is 6.53. The van der Waals surface area contributed by atoms with Gasteiger partial charge in [0, 0.05) is 23.7 Å². The van der Waals surface area contributed by atoms with E-state index in [0.717, 1.165) is 18.7 Å². The molecule has 2 aliphatic rings. The van der Waals surface area contributed by atoms with E-state index in [1.165, 1.54) is 37.1 Å². The van der Waals surface area contributed by atoms with Crippen LogP contribution in [-0.2, 0) is 0 Å². The summed E-state index contributed by atoms with van der Waals surface area (Å²) >= 11 is 0. The van der Waals surface area contributed by atoms with Gasteiger partial charge in [0.2, 0.25) is 0 Å². The lowest BCUT2D eigenvalue weighted by Gasteiger charge is -2.23. The zero-order chi connectivity index (χ0) is 13.2. The lowest BCUT2D eigenvalue weighted by Crippen LogP contribution is -2.36. The van der Waals surface area contributed by atoms with Crippen molar-refractivity contribution in [2.75, 3.05) is 0 Å². The Bertz CT molecular complexity index is 493. The van der Waals surface area contributed by atoms with E-state index in [4.69, 9.17) is 0 Å². The van der Waals surface area contributed by atoms with E-state index in [1.54, 1.807) is 6.08 Å². The molecule has 2 atom stereocenters. The lowest BCUT2D eigenvalue weighted by molar-refractivity contribution is 0.104. The van der Waals surface area contributed by atoms with Crippen molar-refractivity contribution >= 4 is 5.78 Å². The summed E-state index contributed by atoms with van der Waals surface area (Å²) in [5.41, 5.74) is 0.507. The second-order valence-corrected chi connectivity index (χ2v) is 5.22. The van der Waals surface area contributed by atoms with Gasteiger partial charge in [0.1, 0.15) is 11.6 Å². The van der Waals surface area contributed by atoms with Gasteiger partial charge in [0.25, 0.3) is 0 Å². The number of benzene rings is 1. The van der Waals surface area contributed by atoms with Crippen LogP contribution in [0.5, 0.6) is 0 Å². The molecule has 0 bridgehead atoms. The molecule has 0 spiro atoms. The quantitative estimate of drug-likeness (QED) is 0.633. The monoisotopic (exact) mass is 260 g/mol. The highest BCUT2D eigenvalue weighted by Crippen LogP contribution is 2.23. The Hall–Kier alpha value is -1.84. The van der Waals surface area contributed by atoms with Crippen LogP contribution in [0, 0.1) is 5.82 Å². The number of hydrogen-bond acceptors (Lipinski definition) is 3. The minimum Gasteiger partial charge on any atom is -0.367 e. The summed E-state index contributed by atoms with van der Waals surface area (Å²) in [6.45, 7) is 0. The molecule has 1 heterocycles. The molecule has 100 valence electrons. The number of hydrogen-bond donors (Lipinski definition) is 2. The molecule has 0 aromatic heterocycles. The average Bonchev–Trinajstić information content (AvgIpc) is 2.81. The molecule has 3 nitrogen and oxygen atoms in total. The summed E-state index contributed by atoms with van der Waals surface area (Å²) < 4.78 is 12.8. The van der Waals surface area contributed by atoms with Crippen molar-refractivity contribution in [1.82, 2.24) is 10.6 Å². The van der Waals surface area contributed by atoms with Gasteiger partial charge in [-0.25, -0.2) is 4.39 Å². The fourth-order valence-corrected chi connectivity index (χ4v) is 2.83. The molecule has 0 amide bonds. The van der Waals surface area contributed by atoms with Gasteiger partial charge in [-0.05, 0) is 37.1 Å². The molecule has 1 aliphatic heterocycles. The Morgan fingerprint density at radius 3 is 2.26 bits per heavy atom. The number of carbonyl (C=O) groups is 1. The zero-order valence-corrected chi connectivity index (χ0v) is 10.7. The first-order valence-electron chi connectivity index (χ1n) is 6.77. The highest BCUT2D eigenvalue weighted by atomic mass is 19.1. The number of rotatable bonds is 2. The van der Waals surface area contributed by atoms with Gasteiger partial charge >= 0.3 is 0 Å². The van der Waals surface area contributed by atoms with E-state index in [-0.39, 0.29) is 11.6 Å². The Kier molecular flexibility index (Phi) is 3.23. The zero-order valence-electron chi connectivity index (χ0n) is 10.7. The minimum atomic E-state index is -0.327. The van der Waals surface area contributed by atoms with Crippen LogP contribution in [0.4, 0.5) is 4.39 Å². The molecule has 1 aliphatic carbocycles. The number of ketones is 1. The Morgan fingerprint density at radius 1 is 1.11 bits per heavy atom. The molecule has 4 heteroatoms. The van der Waals surface area contributed by atoms with Crippen LogP contribution >= 0.6 is 0 Å². The number of allylic oxidation sites excluding steroid dienone is 1. The first-order valence-corrected chi connectivity index (χ1v) is 6.77. The van der Waals surface area contributed by atoms with Crippen molar-refractivity contribution in [2.45, 2.75) is 37.8 Å². The topological polar surface area (TPSA) is 41.1 Å². The standard InChI is InChI=1S/C15H17FN2O/c16-11-7-5-10(6-8-11)14(19)9-15-17-12-3-1-2-4-13(12)18-15/h5-9,12-13,17-18H,1-4H2/t12-,13+. The van der Waals surface area contributed by atoms with Gasteiger partial charge in [-0.2, -0.15) is 0 Å². The average molecular weight is 260 g/mol. The van der Waals surface area contributed by atoms with Gasteiger partial charge < -0.3 is 10.6 Å². The second kappa shape index (κ2) is 5.03. The molecule has 3 rings (SSSR count). The third-order valence-corrected chi connectivity index (χ3v) is 3.85. The van der Waals surface area contributed by atoms with Gasteiger partial charge in [-0.15, -0.1) is 0 Å². The van der Waals surface area contributed by atoms with Crippen LogP contribution in [0.25, 0.3) is 0 Å². The SMILES string of the molecule is O=C(C=C1N[C@H]2CCCC[C@H]2N1)c1ccc(F)cc1.